The van der Waals surface area contributed by atoms with E-state index in [1.54, 1.807) is 0 Å². The Morgan fingerprint density at radius 2 is 0.418 bits per heavy atom. The fourth-order valence-electron chi connectivity index (χ4n) is 9.25. The van der Waals surface area contributed by atoms with Crippen molar-refractivity contribution in [2.45, 2.75) is 0 Å². The van der Waals surface area contributed by atoms with E-state index in [0.29, 0.717) is 0 Å². The Balaban J connectivity index is 1.02. The van der Waals surface area contributed by atoms with Gasteiger partial charge in [-0.2, -0.15) is 0 Å². The van der Waals surface area contributed by atoms with Gasteiger partial charge < -0.3 is 4.90 Å². The van der Waals surface area contributed by atoms with E-state index in [4.69, 9.17) is 0 Å². The van der Waals surface area contributed by atoms with Gasteiger partial charge in [0.15, 0.2) is 0 Å². The molecule has 1 nitrogen and oxygen atoms in total. The van der Waals surface area contributed by atoms with Crippen LogP contribution in [0.4, 0.5) is 17.1 Å². The van der Waals surface area contributed by atoms with Crippen LogP contribution in [-0.2, 0) is 0 Å². The molecule has 11 rings (SSSR count). The highest BCUT2D eigenvalue weighted by Gasteiger charge is 2.17. The van der Waals surface area contributed by atoms with Crippen molar-refractivity contribution in [2.24, 2.45) is 0 Å². The number of hydrogen-bond donors (Lipinski definition) is 0. The molecule has 0 aliphatic heterocycles. The maximum absolute atomic E-state index is 2.38. The Hall–Kier alpha value is -8.78. The first kappa shape index (κ1) is 41.0. The molecule has 316 valence electrons. The van der Waals surface area contributed by atoms with E-state index in [-0.39, 0.29) is 0 Å². The van der Waals surface area contributed by atoms with Gasteiger partial charge >= 0.3 is 0 Å². The molecule has 0 aromatic heterocycles. The van der Waals surface area contributed by atoms with Gasteiger partial charge in [-0.15, -0.1) is 0 Å². The Kier molecular flexibility index (Phi) is 11.5. The highest BCUT2D eigenvalue weighted by molar-refractivity contribution is 5.89. The Labute approximate surface area is 394 Å². The van der Waals surface area contributed by atoms with Gasteiger partial charge in [0.05, 0.1) is 0 Å². The fourth-order valence-corrected chi connectivity index (χ4v) is 9.25. The summed E-state index contributed by atoms with van der Waals surface area (Å²) in [5.74, 6) is 0. The second kappa shape index (κ2) is 18.7. The first-order chi connectivity index (χ1) is 33.2. The minimum absolute atomic E-state index is 1.07. The molecule has 0 amide bonds. The SMILES string of the molecule is c1ccc(-c2cc(-c3ccccc3)cc(-c3ccc(N(c4ccc(-c5cc(-c6ccccc6)cc(-c6ccccc6)c5)cc4)c4cccc(-c5ccccc5-c5ccccc5)c4)cc3)c2)cc1. The summed E-state index contributed by atoms with van der Waals surface area (Å²) in [7, 11) is 0. The van der Waals surface area contributed by atoms with Gasteiger partial charge in [0, 0.05) is 17.1 Å². The lowest BCUT2D eigenvalue weighted by Gasteiger charge is -2.27. The van der Waals surface area contributed by atoms with E-state index in [2.05, 4.69) is 290 Å². The summed E-state index contributed by atoms with van der Waals surface area (Å²) in [5.41, 5.74) is 22.2. The number of anilines is 3. The lowest BCUT2D eigenvalue weighted by molar-refractivity contribution is 1.28. The third-order valence-corrected chi connectivity index (χ3v) is 12.6. The molecule has 0 aliphatic carbocycles. The maximum atomic E-state index is 2.38. The monoisotopic (exact) mass is 853 g/mol. The zero-order chi connectivity index (χ0) is 44.8. The molecule has 0 atom stereocenters. The van der Waals surface area contributed by atoms with Crippen molar-refractivity contribution in [1.29, 1.82) is 0 Å². The molecular formula is C66H47N. The highest BCUT2D eigenvalue weighted by Crippen LogP contribution is 2.42. The van der Waals surface area contributed by atoms with Crippen molar-refractivity contribution in [2.75, 3.05) is 4.90 Å². The first-order valence-electron chi connectivity index (χ1n) is 23.0. The van der Waals surface area contributed by atoms with Crippen LogP contribution in [0.5, 0.6) is 0 Å². The summed E-state index contributed by atoms with van der Waals surface area (Å²) in [4.78, 5) is 2.38. The molecule has 67 heavy (non-hydrogen) atoms. The average Bonchev–Trinajstić information content (AvgIpc) is 3.42. The molecular weight excluding hydrogens is 807 g/mol. The van der Waals surface area contributed by atoms with Crippen LogP contribution in [0.3, 0.4) is 0 Å². The van der Waals surface area contributed by atoms with Crippen molar-refractivity contribution in [3.05, 3.63) is 285 Å². The topological polar surface area (TPSA) is 3.24 Å². The number of nitrogens with zero attached hydrogens (tertiary/aromatic N) is 1. The van der Waals surface area contributed by atoms with E-state index < -0.39 is 0 Å². The van der Waals surface area contributed by atoms with E-state index in [1.807, 2.05) is 0 Å². The summed E-state index contributed by atoms with van der Waals surface area (Å²) in [6.45, 7) is 0. The molecule has 11 aromatic rings. The van der Waals surface area contributed by atoms with Gasteiger partial charge in [-0.05, 0) is 162 Å². The van der Waals surface area contributed by atoms with Crippen LogP contribution < -0.4 is 4.90 Å². The zero-order valence-electron chi connectivity index (χ0n) is 37.1. The van der Waals surface area contributed by atoms with Crippen molar-refractivity contribution in [3.63, 3.8) is 0 Å². The maximum Gasteiger partial charge on any atom is 0.0467 e. The van der Waals surface area contributed by atoms with Crippen molar-refractivity contribution >= 4 is 17.1 Å². The van der Waals surface area contributed by atoms with Crippen molar-refractivity contribution in [3.8, 4) is 89.0 Å². The van der Waals surface area contributed by atoms with Gasteiger partial charge in [0.2, 0.25) is 0 Å². The third-order valence-electron chi connectivity index (χ3n) is 12.6. The summed E-state index contributed by atoms with van der Waals surface area (Å²) >= 11 is 0. The Bertz CT molecular complexity index is 3110. The van der Waals surface area contributed by atoms with Gasteiger partial charge in [-0.3, -0.25) is 0 Å². The smallest absolute Gasteiger partial charge is 0.0467 e. The minimum Gasteiger partial charge on any atom is -0.310 e. The molecule has 0 saturated carbocycles. The molecule has 0 N–H and O–H groups in total. The number of hydrogen-bond acceptors (Lipinski definition) is 1. The normalized spacial score (nSPS) is 11.0. The molecule has 11 aromatic carbocycles. The predicted octanol–water partition coefficient (Wildman–Crippen LogP) is 18.5. The van der Waals surface area contributed by atoms with E-state index in [1.165, 1.54) is 72.3 Å². The second-order valence-corrected chi connectivity index (χ2v) is 17.0. The largest absolute Gasteiger partial charge is 0.310 e. The lowest BCUT2D eigenvalue weighted by Crippen LogP contribution is -2.10. The Morgan fingerprint density at radius 1 is 0.149 bits per heavy atom. The van der Waals surface area contributed by atoms with Crippen LogP contribution in [0.1, 0.15) is 0 Å². The van der Waals surface area contributed by atoms with Gasteiger partial charge in [0.1, 0.15) is 0 Å². The first-order valence-corrected chi connectivity index (χ1v) is 23.0. The third kappa shape index (κ3) is 8.87. The standard InChI is InChI=1S/C66H47N/c1-6-19-48(20-7-1)56-41-57(49-21-8-2-9-22-49)44-60(43-56)52-33-37-62(38-34-52)67(64-30-18-29-55(47-64)66-32-17-16-31-65(66)54-27-14-5-15-28-54)63-39-35-53(36-40-63)61-45-58(50-23-10-3-11-24-50)42-59(46-61)51-25-12-4-13-26-51/h1-47H. The quantitative estimate of drug-likeness (QED) is 0.125. The van der Waals surface area contributed by atoms with Crippen LogP contribution in [0, 0.1) is 0 Å². The van der Waals surface area contributed by atoms with Gasteiger partial charge in [-0.1, -0.05) is 212 Å². The van der Waals surface area contributed by atoms with Crippen LogP contribution in [0.25, 0.3) is 89.0 Å². The second-order valence-electron chi connectivity index (χ2n) is 17.0. The minimum atomic E-state index is 1.07. The molecule has 0 spiro atoms. The van der Waals surface area contributed by atoms with Crippen LogP contribution >= 0.6 is 0 Å². The average molecular weight is 854 g/mol. The van der Waals surface area contributed by atoms with Crippen molar-refractivity contribution < 1.29 is 0 Å². The molecule has 0 aliphatic rings. The molecule has 1 heteroatoms. The van der Waals surface area contributed by atoms with E-state index >= 15 is 0 Å². The molecule has 0 unspecified atom stereocenters. The summed E-state index contributed by atoms with van der Waals surface area (Å²) in [6.07, 6.45) is 0. The molecule has 0 bridgehead atoms. The van der Waals surface area contributed by atoms with Crippen molar-refractivity contribution in [1.82, 2.24) is 0 Å². The number of benzene rings is 11. The fraction of sp³-hybridized carbons (Fsp3) is 0. The zero-order valence-corrected chi connectivity index (χ0v) is 37.1. The molecule has 0 saturated heterocycles. The van der Waals surface area contributed by atoms with E-state index in [9.17, 15) is 0 Å². The lowest BCUT2D eigenvalue weighted by atomic mass is 9.93. The van der Waals surface area contributed by atoms with Gasteiger partial charge in [-0.25, -0.2) is 0 Å². The highest BCUT2D eigenvalue weighted by atomic mass is 15.1. The van der Waals surface area contributed by atoms with E-state index in [0.717, 1.165) is 33.8 Å². The predicted molar refractivity (Wildman–Crippen MR) is 285 cm³/mol. The summed E-state index contributed by atoms with van der Waals surface area (Å²) in [6, 6.07) is 103. The summed E-state index contributed by atoms with van der Waals surface area (Å²) < 4.78 is 0. The van der Waals surface area contributed by atoms with Crippen LogP contribution in [0.15, 0.2) is 285 Å². The number of rotatable bonds is 11. The van der Waals surface area contributed by atoms with Crippen LogP contribution in [0.2, 0.25) is 0 Å². The Morgan fingerprint density at radius 3 is 0.761 bits per heavy atom. The molecule has 0 fully saturated rings. The molecule has 0 radical (unpaired) electrons. The van der Waals surface area contributed by atoms with Gasteiger partial charge in [0.25, 0.3) is 0 Å². The van der Waals surface area contributed by atoms with Crippen LogP contribution in [-0.4, -0.2) is 0 Å². The summed E-state index contributed by atoms with van der Waals surface area (Å²) in [5, 5.41) is 0. The molecule has 0 heterocycles.